The molecule has 5 nitrogen and oxygen atoms in total. The van der Waals surface area contributed by atoms with Gasteiger partial charge in [0.2, 0.25) is 5.91 Å². The summed E-state index contributed by atoms with van der Waals surface area (Å²) in [6, 6.07) is 18.1. The Morgan fingerprint density at radius 2 is 1.69 bits per heavy atom. The number of hydrogen-bond donors (Lipinski definition) is 2. The van der Waals surface area contributed by atoms with E-state index in [0.29, 0.717) is 32.0 Å². The van der Waals surface area contributed by atoms with E-state index < -0.39 is 0 Å². The minimum atomic E-state index is -0.0577. The average molecular weight is 394 g/mol. The van der Waals surface area contributed by atoms with Crippen LogP contribution in [0, 0.1) is 12.8 Å². The number of piperidine rings is 1. The Morgan fingerprint density at radius 3 is 2.38 bits per heavy atom. The molecule has 1 aliphatic heterocycles. The summed E-state index contributed by atoms with van der Waals surface area (Å²) < 4.78 is 0. The Bertz CT molecular complexity index is 782. The summed E-state index contributed by atoms with van der Waals surface area (Å²) in [5.41, 5.74) is 3.29. The predicted octanol–water partition coefficient (Wildman–Crippen LogP) is 4.38. The zero-order valence-corrected chi connectivity index (χ0v) is 17.2. The second-order valence-electron chi connectivity index (χ2n) is 7.87. The predicted molar refractivity (Wildman–Crippen MR) is 117 cm³/mol. The summed E-state index contributed by atoms with van der Waals surface area (Å²) in [6.45, 7) is 4.13. The van der Waals surface area contributed by atoms with Crippen LogP contribution in [0.2, 0.25) is 0 Å². The van der Waals surface area contributed by atoms with Gasteiger partial charge in [0.1, 0.15) is 0 Å². The van der Waals surface area contributed by atoms with E-state index in [1.165, 1.54) is 11.1 Å². The van der Waals surface area contributed by atoms with Crippen molar-refractivity contribution in [3.63, 3.8) is 0 Å². The molecule has 0 radical (unpaired) electrons. The summed E-state index contributed by atoms with van der Waals surface area (Å²) in [5, 5.41) is 5.99. The second kappa shape index (κ2) is 10.6. The van der Waals surface area contributed by atoms with Gasteiger partial charge in [-0.3, -0.25) is 4.79 Å². The number of hydrogen-bond acceptors (Lipinski definition) is 2. The molecule has 2 N–H and O–H groups in total. The molecule has 154 valence electrons. The minimum absolute atomic E-state index is 0.0577. The number of aryl methyl sites for hydroxylation is 2. The molecule has 2 aromatic carbocycles. The van der Waals surface area contributed by atoms with Gasteiger partial charge < -0.3 is 15.5 Å². The van der Waals surface area contributed by atoms with Gasteiger partial charge in [-0.2, -0.15) is 0 Å². The molecule has 1 fully saturated rings. The molecule has 2 aromatic rings. The van der Waals surface area contributed by atoms with Gasteiger partial charge in [-0.1, -0.05) is 48.0 Å². The SMILES string of the molecule is Cc1ccc(NC(=O)N2CCC(CC(=O)NCCCc3ccccc3)CC2)cc1. The van der Waals surface area contributed by atoms with E-state index in [0.717, 1.165) is 31.4 Å². The van der Waals surface area contributed by atoms with E-state index >= 15 is 0 Å². The Labute approximate surface area is 173 Å². The summed E-state index contributed by atoms with van der Waals surface area (Å²) in [7, 11) is 0. The molecule has 3 rings (SSSR count). The number of rotatable bonds is 7. The molecule has 0 aromatic heterocycles. The molecular formula is C24H31N3O2. The van der Waals surface area contributed by atoms with Crippen LogP contribution in [0.1, 0.15) is 36.8 Å². The van der Waals surface area contributed by atoms with Crippen molar-refractivity contribution in [1.82, 2.24) is 10.2 Å². The third-order valence-electron chi connectivity index (χ3n) is 5.49. The normalized spacial score (nSPS) is 14.4. The zero-order valence-electron chi connectivity index (χ0n) is 17.2. The molecule has 0 aliphatic carbocycles. The maximum atomic E-state index is 12.4. The van der Waals surface area contributed by atoms with Gasteiger partial charge in [0.25, 0.3) is 0 Å². The molecule has 0 bridgehead atoms. The summed E-state index contributed by atoms with van der Waals surface area (Å²) in [5.74, 6) is 0.480. The summed E-state index contributed by atoms with van der Waals surface area (Å²) >= 11 is 0. The lowest BCUT2D eigenvalue weighted by molar-refractivity contribution is -0.122. The highest BCUT2D eigenvalue weighted by atomic mass is 16.2. The van der Waals surface area contributed by atoms with Crippen molar-refractivity contribution in [1.29, 1.82) is 0 Å². The molecule has 0 saturated carbocycles. The van der Waals surface area contributed by atoms with Crippen molar-refractivity contribution in [2.75, 3.05) is 25.0 Å². The van der Waals surface area contributed by atoms with Gasteiger partial charge in [-0.25, -0.2) is 4.79 Å². The maximum absolute atomic E-state index is 12.4. The van der Waals surface area contributed by atoms with Gasteiger partial charge in [0.15, 0.2) is 0 Å². The maximum Gasteiger partial charge on any atom is 0.321 e. The highest BCUT2D eigenvalue weighted by Crippen LogP contribution is 2.21. The van der Waals surface area contributed by atoms with Crippen molar-refractivity contribution in [2.45, 2.75) is 39.0 Å². The molecule has 5 heteroatoms. The third kappa shape index (κ3) is 6.93. The van der Waals surface area contributed by atoms with E-state index in [-0.39, 0.29) is 11.9 Å². The molecule has 1 aliphatic rings. The molecule has 1 saturated heterocycles. The lowest BCUT2D eigenvalue weighted by atomic mass is 9.93. The number of amides is 3. The van der Waals surface area contributed by atoms with Gasteiger partial charge in [-0.05, 0) is 56.2 Å². The largest absolute Gasteiger partial charge is 0.356 e. The van der Waals surface area contributed by atoms with Crippen molar-refractivity contribution < 1.29 is 9.59 Å². The number of likely N-dealkylation sites (tertiary alicyclic amines) is 1. The van der Waals surface area contributed by atoms with Gasteiger partial charge in [-0.15, -0.1) is 0 Å². The first-order valence-electron chi connectivity index (χ1n) is 10.5. The van der Waals surface area contributed by atoms with E-state index in [4.69, 9.17) is 0 Å². The van der Waals surface area contributed by atoms with Crippen LogP contribution in [0.3, 0.4) is 0 Å². The van der Waals surface area contributed by atoms with Crippen LogP contribution in [0.15, 0.2) is 54.6 Å². The van der Waals surface area contributed by atoms with Crippen molar-refractivity contribution in [2.24, 2.45) is 5.92 Å². The lowest BCUT2D eigenvalue weighted by Gasteiger charge is -2.31. The molecule has 0 atom stereocenters. The Balaban J connectivity index is 1.31. The monoisotopic (exact) mass is 393 g/mol. The first-order valence-corrected chi connectivity index (χ1v) is 10.5. The number of nitrogens with one attached hydrogen (secondary N) is 2. The van der Waals surface area contributed by atoms with Crippen LogP contribution in [0.5, 0.6) is 0 Å². The summed E-state index contributed by atoms with van der Waals surface area (Å²) in [4.78, 5) is 26.5. The molecule has 0 unspecified atom stereocenters. The van der Waals surface area contributed by atoms with E-state index in [9.17, 15) is 9.59 Å². The van der Waals surface area contributed by atoms with Crippen LogP contribution in [0.4, 0.5) is 10.5 Å². The zero-order chi connectivity index (χ0) is 20.5. The van der Waals surface area contributed by atoms with E-state index in [2.05, 4.69) is 22.8 Å². The molecule has 3 amide bonds. The quantitative estimate of drug-likeness (QED) is 0.686. The van der Waals surface area contributed by atoms with Crippen LogP contribution < -0.4 is 10.6 Å². The first kappa shape index (κ1) is 20.9. The number of urea groups is 1. The number of carbonyl (C=O) groups is 2. The van der Waals surface area contributed by atoms with Crippen molar-refractivity contribution in [3.8, 4) is 0 Å². The minimum Gasteiger partial charge on any atom is -0.356 e. The Kier molecular flexibility index (Phi) is 7.68. The van der Waals surface area contributed by atoms with Crippen LogP contribution in [0.25, 0.3) is 0 Å². The lowest BCUT2D eigenvalue weighted by Crippen LogP contribution is -2.42. The fourth-order valence-electron chi connectivity index (χ4n) is 3.68. The number of benzene rings is 2. The fraction of sp³-hybridized carbons (Fsp3) is 0.417. The van der Waals surface area contributed by atoms with Gasteiger partial charge in [0, 0.05) is 31.7 Å². The fourth-order valence-corrected chi connectivity index (χ4v) is 3.68. The number of nitrogens with zero attached hydrogens (tertiary/aromatic N) is 1. The van der Waals surface area contributed by atoms with Crippen molar-refractivity contribution in [3.05, 3.63) is 65.7 Å². The Hall–Kier alpha value is -2.82. The van der Waals surface area contributed by atoms with Gasteiger partial charge in [0.05, 0.1) is 0 Å². The van der Waals surface area contributed by atoms with E-state index in [1.807, 2.05) is 54.3 Å². The average Bonchev–Trinajstić information content (AvgIpc) is 2.74. The Morgan fingerprint density at radius 1 is 1.00 bits per heavy atom. The number of carbonyl (C=O) groups excluding carboxylic acids is 2. The van der Waals surface area contributed by atoms with Crippen LogP contribution in [-0.4, -0.2) is 36.5 Å². The van der Waals surface area contributed by atoms with E-state index in [1.54, 1.807) is 0 Å². The van der Waals surface area contributed by atoms with Gasteiger partial charge >= 0.3 is 6.03 Å². The van der Waals surface area contributed by atoms with Crippen molar-refractivity contribution >= 4 is 17.6 Å². The highest BCUT2D eigenvalue weighted by Gasteiger charge is 2.24. The first-order chi connectivity index (χ1) is 14.1. The van der Waals surface area contributed by atoms with Crippen LogP contribution >= 0.6 is 0 Å². The second-order valence-corrected chi connectivity index (χ2v) is 7.87. The molecule has 29 heavy (non-hydrogen) atoms. The third-order valence-corrected chi connectivity index (χ3v) is 5.49. The van der Waals surface area contributed by atoms with Crippen LogP contribution in [-0.2, 0) is 11.2 Å². The highest BCUT2D eigenvalue weighted by molar-refractivity contribution is 5.89. The molecule has 0 spiro atoms. The summed E-state index contributed by atoms with van der Waals surface area (Å²) in [6.07, 6.45) is 4.24. The standard InChI is InChI=1S/C24H31N3O2/c1-19-9-11-22(12-10-19)26-24(29)27-16-13-21(14-17-27)18-23(28)25-15-5-8-20-6-3-2-4-7-20/h2-4,6-7,9-12,21H,5,8,13-18H2,1H3,(H,25,28)(H,26,29). The topological polar surface area (TPSA) is 61.4 Å². The smallest absolute Gasteiger partial charge is 0.321 e. The molecular weight excluding hydrogens is 362 g/mol. The molecule has 1 heterocycles. The number of anilines is 1.